The number of non-ortho nitro benzene ring substituents is 1. The van der Waals surface area contributed by atoms with E-state index in [0.717, 1.165) is 39.8 Å². The molecule has 0 saturated carbocycles. The summed E-state index contributed by atoms with van der Waals surface area (Å²) in [6, 6.07) is 31.6. The maximum absolute atomic E-state index is 11.2. The molecule has 3 heterocycles. The Bertz CT molecular complexity index is 1670. The van der Waals surface area contributed by atoms with Gasteiger partial charge in [0, 0.05) is 41.6 Å². The fourth-order valence-electron chi connectivity index (χ4n) is 5.01. The van der Waals surface area contributed by atoms with Gasteiger partial charge in [-0.2, -0.15) is 0 Å². The Morgan fingerprint density at radius 2 is 1.62 bits per heavy atom. The van der Waals surface area contributed by atoms with Crippen molar-refractivity contribution in [2.45, 2.75) is 19.0 Å². The van der Waals surface area contributed by atoms with E-state index in [4.69, 9.17) is 17.0 Å². The highest BCUT2D eigenvalue weighted by Crippen LogP contribution is 2.42. The maximum Gasteiger partial charge on any atom is 0.269 e. The number of benzene rings is 3. The highest BCUT2D eigenvalue weighted by molar-refractivity contribution is 7.80. The molecule has 9 heteroatoms. The molecule has 1 saturated heterocycles. The summed E-state index contributed by atoms with van der Waals surface area (Å²) in [4.78, 5) is 17.5. The number of hydrogen-bond donors (Lipinski definition) is 1. The largest absolute Gasteiger partial charge is 0.457 e. The lowest BCUT2D eigenvalue weighted by molar-refractivity contribution is -0.384. The summed E-state index contributed by atoms with van der Waals surface area (Å²) < 4.78 is 8.15. The first-order valence-electron chi connectivity index (χ1n) is 12.8. The summed E-state index contributed by atoms with van der Waals surface area (Å²) in [6.45, 7) is 2.01. The van der Waals surface area contributed by atoms with Gasteiger partial charge in [-0.25, -0.2) is 0 Å². The molecule has 1 fully saturated rings. The van der Waals surface area contributed by atoms with Crippen molar-refractivity contribution in [3.8, 4) is 17.2 Å². The van der Waals surface area contributed by atoms with Crippen molar-refractivity contribution in [1.29, 1.82) is 0 Å². The number of anilines is 1. The molecule has 2 atom stereocenters. The molecule has 5 aromatic rings. The van der Waals surface area contributed by atoms with Crippen LogP contribution in [0.4, 0.5) is 11.4 Å². The molecular formula is C31H25N5O3S. The molecular weight excluding hydrogens is 522 g/mol. The molecule has 1 aliphatic heterocycles. The first-order valence-corrected chi connectivity index (χ1v) is 13.2. The van der Waals surface area contributed by atoms with Crippen molar-refractivity contribution < 1.29 is 9.66 Å². The van der Waals surface area contributed by atoms with E-state index in [1.165, 1.54) is 12.1 Å². The molecule has 1 N–H and O–H groups in total. The molecule has 1 aliphatic rings. The number of aromatic nitrogens is 2. The second-order valence-corrected chi connectivity index (χ2v) is 9.82. The van der Waals surface area contributed by atoms with Gasteiger partial charge in [0.05, 0.1) is 16.7 Å². The first-order chi connectivity index (χ1) is 19.5. The van der Waals surface area contributed by atoms with Gasteiger partial charge in [0.15, 0.2) is 5.11 Å². The van der Waals surface area contributed by atoms with Crippen molar-refractivity contribution in [2.24, 2.45) is 0 Å². The van der Waals surface area contributed by atoms with E-state index < -0.39 is 4.92 Å². The average molecular weight is 548 g/mol. The van der Waals surface area contributed by atoms with Crippen LogP contribution in [-0.2, 0) is 0 Å². The molecule has 0 amide bonds. The standard InChI is InChI=1S/C31H25N5O3S/c1-21-7-2-3-10-28(21)39-25-17-15-23(16-18-25)35-30(29(33-31(35)40)26-8-4-5-19-32-26)27-9-6-20-34(27)22-11-13-24(14-12-22)36(37)38/h2-20,29-30H,1H3,(H,33,40)/t29-,30+/m0/s1. The lowest BCUT2D eigenvalue weighted by Gasteiger charge is -2.29. The van der Waals surface area contributed by atoms with E-state index in [-0.39, 0.29) is 17.8 Å². The first kappa shape index (κ1) is 25.3. The summed E-state index contributed by atoms with van der Waals surface area (Å²) in [5, 5.41) is 15.3. The number of ether oxygens (including phenoxy) is 1. The Hall–Kier alpha value is -5.02. The number of nitro groups is 1. The van der Waals surface area contributed by atoms with Crippen LogP contribution in [-0.4, -0.2) is 19.6 Å². The van der Waals surface area contributed by atoms with Gasteiger partial charge in [-0.05, 0) is 91.4 Å². The number of nitrogens with zero attached hydrogens (tertiary/aromatic N) is 4. The molecule has 0 spiro atoms. The van der Waals surface area contributed by atoms with Gasteiger partial charge in [-0.3, -0.25) is 15.1 Å². The quantitative estimate of drug-likeness (QED) is 0.133. The monoisotopic (exact) mass is 547 g/mol. The van der Waals surface area contributed by atoms with Gasteiger partial charge in [0.1, 0.15) is 17.5 Å². The van der Waals surface area contributed by atoms with Gasteiger partial charge < -0.3 is 19.5 Å². The smallest absolute Gasteiger partial charge is 0.269 e. The third-order valence-electron chi connectivity index (χ3n) is 6.96. The molecule has 0 aliphatic carbocycles. The molecule has 0 radical (unpaired) electrons. The van der Waals surface area contributed by atoms with Crippen molar-refractivity contribution in [3.63, 3.8) is 0 Å². The van der Waals surface area contributed by atoms with Gasteiger partial charge in [-0.15, -0.1) is 0 Å². The van der Waals surface area contributed by atoms with Gasteiger partial charge >= 0.3 is 0 Å². The van der Waals surface area contributed by atoms with Gasteiger partial charge in [0.2, 0.25) is 0 Å². The van der Waals surface area contributed by atoms with Crippen LogP contribution >= 0.6 is 12.2 Å². The average Bonchev–Trinajstić information content (AvgIpc) is 3.59. The fraction of sp³-hybridized carbons (Fsp3) is 0.0968. The van der Waals surface area contributed by atoms with Crippen LogP contribution < -0.4 is 15.0 Å². The minimum absolute atomic E-state index is 0.0437. The van der Waals surface area contributed by atoms with Crippen molar-refractivity contribution in [1.82, 2.24) is 14.9 Å². The zero-order valence-corrected chi connectivity index (χ0v) is 22.4. The van der Waals surface area contributed by atoms with Crippen LogP contribution in [0.5, 0.6) is 11.5 Å². The Balaban J connectivity index is 1.39. The highest BCUT2D eigenvalue weighted by atomic mass is 32.1. The van der Waals surface area contributed by atoms with Gasteiger partial charge in [0.25, 0.3) is 5.69 Å². The molecule has 0 bridgehead atoms. The lowest BCUT2D eigenvalue weighted by atomic mass is 10.0. The van der Waals surface area contributed by atoms with E-state index >= 15 is 0 Å². The minimum atomic E-state index is -0.398. The molecule has 40 heavy (non-hydrogen) atoms. The Kier molecular flexibility index (Phi) is 6.71. The zero-order chi connectivity index (χ0) is 27.6. The summed E-state index contributed by atoms with van der Waals surface area (Å²) >= 11 is 5.88. The van der Waals surface area contributed by atoms with Crippen LogP contribution in [0.2, 0.25) is 0 Å². The van der Waals surface area contributed by atoms with Crippen LogP contribution in [0.25, 0.3) is 5.69 Å². The number of pyridine rings is 1. The van der Waals surface area contributed by atoms with Crippen LogP contribution in [0, 0.1) is 17.0 Å². The molecule has 8 nitrogen and oxygen atoms in total. The van der Waals surface area contributed by atoms with Crippen molar-refractivity contribution in [3.05, 3.63) is 143 Å². The van der Waals surface area contributed by atoms with Crippen molar-refractivity contribution >= 4 is 28.7 Å². The van der Waals surface area contributed by atoms with Crippen LogP contribution in [0.1, 0.15) is 29.0 Å². The fourth-order valence-corrected chi connectivity index (χ4v) is 5.36. The van der Waals surface area contributed by atoms with E-state index in [2.05, 4.69) is 15.2 Å². The number of nitrogens with one attached hydrogen (secondary N) is 1. The maximum atomic E-state index is 11.2. The molecule has 6 rings (SSSR count). The predicted octanol–water partition coefficient (Wildman–Crippen LogP) is 7.06. The van der Waals surface area contributed by atoms with E-state index in [9.17, 15) is 10.1 Å². The zero-order valence-electron chi connectivity index (χ0n) is 21.5. The second kappa shape index (κ2) is 10.6. The number of thiocarbonyl (C=S) groups is 1. The van der Waals surface area contributed by atoms with E-state index in [1.807, 2.05) is 96.6 Å². The van der Waals surface area contributed by atoms with Crippen molar-refractivity contribution in [2.75, 3.05) is 4.90 Å². The topological polar surface area (TPSA) is 85.5 Å². The number of aryl methyl sites for hydroxylation is 1. The van der Waals surface area contributed by atoms with Crippen LogP contribution in [0.3, 0.4) is 0 Å². The molecule has 0 unspecified atom stereocenters. The molecule has 198 valence electrons. The lowest BCUT2D eigenvalue weighted by Crippen LogP contribution is -2.30. The third-order valence-corrected chi connectivity index (χ3v) is 7.27. The Labute approximate surface area is 236 Å². The minimum Gasteiger partial charge on any atom is -0.457 e. The second-order valence-electron chi connectivity index (χ2n) is 9.43. The Morgan fingerprint density at radius 1 is 0.900 bits per heavy atom. The summed E-state index contributed by atoms with van der Waals surface area (Å²) in [7, 11) is 0. The molecule has 3 aromatic carbocycles. The summed E-state index contributed by atoms with van der Waals surface area (Å²) in [5.41, 5.74) is 4.62. The molecule has 2 aromatic heterocycles. The number of para-hydroxylation sites is 1. The summed E-state index contributed by atoms with van der Waals surface area (Å²) in [5.74, 6) is 1.53. The normalized spacial score (nSPS) is 16.5. The summed E-state index contributed by atoms with van der Waals surface area (Å²) in [6.07, 6.45) is 3.72. The highest BCUT2D eigenvalue weighted by Gasteiger charge is 2.42. The van der Waals surface area contributed by atoms with Gasteiger partial charge in [-0.1, -0.05) is 24.3 Å². The predicted molar refractivity (Wildman–Crippen MR) is 158 cm³/mol. The number of nitro benzene ring substituents is 1. The number of rotatable bonds is 7. The Morgan fingerprint density at radius 3 is 2.33 bits per heavy atom. The van der Waals surface area contributed by atoms with E-state index in [1.54, 1.807) is 18.3 Å². The van der Waals surface area contributed by atoms with Crippen LogP contribution in [0.15, 0.2) is 116 Å². The number of hydrogen-bond acceptors (Lipinski definition) is 5. The third kappa shape index (κ3) is 4.78. The van der Waals surface area contributed by atoms with E-state index in [0.29, 0.717) is 5.11 Å². The SMILES string of the molecule is Cc1ccccc1Oc1ccc(N2C(=S)N[C@@H](c3ccccn3)[C@H]2c2cccn2-c2ccc([N+](=O)[O-])cc2)cc1.